The number of nitrogens with zero attached hydrogens (tertiary/aromatic N) is 2. The van der Waals surface area contributed by atoms with E-state index in [2.05, 4.69) is 30.4 Å². The van der Waals surface area contributed by atoms with Gasteiger partial charge in [-0.2, -0.15) is 0 Å². The third kappa shape index (κ3) is 3.33. The molecule has 6 nitrogen and oxygen atoms in total. The molecule has 6 heteroatoms. The highest BCUT2D eigenvalue weighted by molar-refractivity contribution is 5.84. The molecule has 1 aliphatic carbocycles. The van der Waals surface area contributed by atoms with Crippen LogP contribution in [0.15, 0.2) is 36.4 Å². The Labute approximate surface area is 169 Å². The van der Waals surface area contributed by atoms with Crippen molar-refractivity contribution in [2.45, 2.75) is 45.2 Å². The topological polar surface area (TPSA) is 65.4 Å². The number of fused-ring (bicyclic) bond motifs is 3. The molecule has 5 rings (SSSR count). The van der Waals surface area contributed by atoms with E-state index in [1.54, 1.807) is 0 Å². The number of hydrogen-bond donors (Lipinski definition) is 1. The van der Waals surface area contributed by atoms with E-state index in [1.807, 2.05) is 22.8 Å². The summed E-state index contributed by atoms with van der Waals surface area (Å²) in [6.45, 7) is 3.39. The average molecular weight is 391 g/mol. The van der Waals surface area contributed by atoms with E-state index in [-0.39, 0.29) is 18.5 Å². The van der Waals surface area contributed by atoms with Crippen LogP contribution in [0.2, 0.25) is 0 Å². The molecule has 0 unspecified atom stereocenters. The number of ether oxygens (including phenoxy) is 2. The molecule has 1 atom stereocenters. The van der Waals surface area contributed by atoms with Gasteiger partial charge in [-0.1, -0.05) is 31.2 Å². The summed E-state index contributed by atoms with van der Waals surface area (Å²) in [6, 6.07) is 12.4. The smallest absolute Gasteiger partial charge is 0.240 e. The predicted molar refractivity (Wildman–Crippen MR) is 110 cm³/mol. The van der Waals surface area contributed by atoms with Crippen LogP contribution < -0.4 is 14.8 Å². The van der Waals surface area contributed by atoms with Crippen molar-refractivity contribution in [3.8, 4) is 11.5 Å². The maximum Gasteiger partial charge on any atom is 0.240 e. The number of aromatic nitrogens is 2. The van der Waals surface area contributed by atoms with Gasteiger partial charge in [0.2, 0.25) is 5.91 Å². The van der Waals surface area contributed by atoms with Crippen LogP contribution in [0, 0.1) is 0 Å². The lowest BCUT2D eigenvalue weighted by Gasteiger charge is -2.26. The Kier molecular flexibility index (Phi) is 4.62. The molecule has 1 aromatic heterocycles. The van der Waals surface area contributed by atoms with Gasteiger partial charge in [-0.3, -0.25) is 4.79 Å². The number of nitrogens with one attached hydrogen (secondary N) is 1. The van der Waals surface area contributed by atoms with Crippen LogP contribution in [-0.2, 0) is 24.2 Å². The lowest BCUT2D eigenvalue weighted by atomic mass is 9.88. The van der Waals surface area contributed by atoms with Crippen LogP contribution in [0.5, 0.6) is 11.5 Å². The zero-order valence-corrected chi connectivity index (χ0v) is 16.6. The van der Waals surface area contributed by atoms with E-state index in [0.717, 1.165) is 48.3 Å². The minimum atomic E-state index is 0.00981. The first-order valence-corrected chi connectivity index (χ1v) is 10.4. The summed E-state index contributed by atoms with van der Waals surface area (Å²) in [5, 5.41) is 3.25. The Balaban J connectivity index is 1.42. The molecule has 2 heterocycles. The van der Waals surface area contributed by atoms with Gasteiger partial charge in [0.15, 0.2) is 11.5 Å². The minimum absolute atomic E-state index is 0.00981. The van der Waals surface area contributed by atoms with Gasteiger partial charge in [0.05, 0.1) is 17.1 Å². The fourth-order valence-electron chi connectivity index (χ4n) is 4.45. The number of hydrogen-bond acceptors (Lipinski definition) is 4. The van der Waals surface area contributed by atoms with Gasteiger partial charge in [-0.15, -0.1) is 0 Å². The lowest BCUT2D eigenvalue weighted by Crippen LogP contribution is -2.33. The van der Waals surface area contributed by atoms with Crippen LogP contribution in [-0.4, -0.2) is 28.7 Å². The highest BCUT2D eigenvalue weighted by atomic mass is 16.6. The summed E-state index contributed by atoms with van der Waals surface area (Å²) in [5.74, 6) is 2.34. The Morgan fingerprint density at radius 1 is 1.21 bits per heavy atom. The summed E-state index contributed by atoms with van der Waals surface area (Å²) >= 11 is 0. The molecule has 0 radical (unpaired) electrons. The molecular formula is C23H25N3O3. The number of imidazole rings is 1. The molecule has 150 valence electrons. The Bertz CT molecular complexity index is 1070. The van der Waals surface area contributed by atoms with Crippen molar-refractivity contribution in [3.05, 3.63) is 53.3 Å². The van der Waals surface area contributed by atoms with E-state index in [4.69, 9.17) is 14.5 Å². The van der Waals surface area contributed by atoms with Crippen molar-refractivity contribution >= 4 is 16.9 Å². The van der Waals surface area contributed by atoms with Crippen molar-refractivity contribution in [1.29, 1.82) is 0 Å². The molecule has 0 saturated heterocycles. The van der Waals surface area contributed by atoms with Crippen LogP contribution in [0.3, 0.4) is 0 Å². The molecule has 2 aromatic carbocycles. The molecule has 0 saturated carbocycles. The Morgan fingerprint density at radius 3 is 2.83 bits per heavy atom. The van der Waals surface area contributed by atoms with E-state index < -0.39 is 0 Å². The van der Waals surface area contributed by atoms with Crippen molar-refractivity contribution in [2.24, 2.45) is 0 Å². The van der Waals surface area contributed by atoms with Crippen LogP contribution in [0.4, 0.5) is 0 Å². The third-order valence-electron chi connectivity index (χ3n) is 5.81. The fourth-order valence-corrected chi connectivity index (χ4v) is 4.45. The van der Waals surface area contributed by atoms with E-state index >= 15 is 0 Å². The summed E-state index contributed by atoms with van der Waals surface area (Å²) < 4.78 is 13.4. The van der Waals surface area contributed by atoms with Gasteiger partial charge in [0.25, 0.3) is 0 Å². The zero-order valence-electron chi connectivity index (χ0n) is 16.6. The Hall–Kier alpha value is -3.02. The van der Waals surface area contributed by atoms with Gasteiger partial charge < -0.3 is 19.4 Å². The minimum Gasteiger partial charge on any atom is -0.486 e. The highest BCUT2D eigenvalue weighted by Crippen LogP contribution is 2.35. The fraction of sp³-hybridized carbons (Fsp3) is 0.391. The van der Waals surface area contributed by atoms with E-state index in [9.17, 15) is 4.79 Å². The van der Waals surface area contributed by atoms with Gasteiger partial charge in [0.1, 0.15) is 25.6 Å². The normalized spacial score (nSPS) is 17.8. The highest BCUT2D eigenvalue weighted by Gasteiger charge is 2.23. The summed E-state index contributed by atoms with van der Waals surface area (Å²) in [6.07, 6.45) is 3.91. The van der Waals surface area contributed by atoms with E-state index in [0.29, 0.717) is 19.0 Å². The zero-order chi connectivity index (χ0) is 19.8. The van der Waals surface area contributed by atoms with Gasteiger partial charge in [-0.05, 0) is 30.4 Å². The number of aryl methyl sites for hydroxylation is 2. The second-order valence-corrected chi connectivity index (χ2v) is 7.66. The monoisotopic (exact) mass is 391 g/mol. The molecule has 0 spiro atoms. The largest absolute Gasteiger partial charge is 0.486 e. The quantitative estimate of drug-likeness (QED) is 0.739. The molecule has 1 aliphatic heterocycles. The molecular weight excluding hydrogens is 366 g/mol. The first kappa shape index (κ1) is 18.0. The van der Waals surface area contributed by atoms with Crippen LogP contribution in [0.25, 0.3) is 11.0 Å². The van der Waals surface area contributed by atoms with Crippen molar-refractivity contribution in [2.75, 3.05) is 13.2 Å². The number of carbonyl (C=O) groups excluding carboxylic acids is 1. The molecule has 0 bridgehead atoms. The van der Waals surface area contributed by atoms with Gasteiger partial charge in [0, 0.05) is 18.6 Å². The predicted octanol–water partition coefficient (Wildman–Crippen LogP) is 3.56. The SMILES string of the molecule is CCc1nc2cc3c(cc2n1CC(=O)N[C@@H]1CCCc2ccccc21)OCCO3. The molecule has 1 amide bonds. The van der Waals surface area contributed by atoms with Gasteiger partial charge >= 0.3 is 0 Å². The summed E-state index contributed by atoms with van der Waals surface area (Å²) in [4.78, 5) is 17.7. The summed E-state index contributed by atoms with van der Waals surface area (Å²) in [5.41, 5.74) is 4.33. The van der Waals surface area contributed by atoms with Crippen molar-refractivity contribution in [3.63, 3.8) is 0 Å². The first-order chi connectivity index (χ1) is 14.2. The van der Waals surface area contributed by atoms with Crippen LogP contribution in [0.1, 0.15) is 42.8 Å². The molecule has 1 N–H and O–H groups in total. The van der Waals surface area contributed by atoms with E-state index in [1.165, 1.54) is 11.1 Å². The van der Waals surface area contributed by atoms with Crippen molar-refractivity contribution in [1.82, 2.24) is 14.9 Å². The number of amides is 1. The third-order valence-corrected chi connectivity index (χ3v) is 5.81. The molecule has 2 aliphatic rings. The molecule has 3 aromatic rings. The standard InChI is InChI=1S/C23H25N3O3/c1-2-22-24-18-12-20-21(29-11-10-28-20)13-19(18)26(22)14-23(27)25-17-9-5-7-15-6-3-4-8-16(15)17/h3-4,6,8,12-13,17H,2,5,7,9-11,14H2,1H3,(H,25,27)/t17-/m1/s1. The number of carbonyl (C=O) groups is 1. The second-order valence-electron chi connectivity index (χ2n) is 7.66. The van der Waals surface area contributed by atoms with Crippen molar-refractivity contribution < 1.29 is 14.3 Å². The maximum atomic E-state index is 13.0. The van der Waals surface area contributed by atoms with Gasteiger partial charge in [-0.25, -0.2) is 4.98 Å². The second kappa shape index (κ2) is 7.43. The van der Waals surface area contributed by atoms with Crippen LogP contribution >= 0.6 is 0 Å². The molecule has 0 fully saturated rings. The number of benzene rings is 2. The molecule has 29 heavy (non-hydrogen) atoms. The average Bonchev–Trinajstić information content (AvgIpc) is 3.08. The lowest BCUT2D eigenvalue weighted by molar-refractivity contribution is -0.122. The first-order valence-electron chi connectivity index (χ1n) is 10.4. The Morgan fingerprint density at radius 2 is 2.00 bits per heavy atom. The number of rotatable bonds is 4. The summed E-state index contributed by atoms with van der Waals surface area (Å²) in [7, 11) is 0. The maximum absolute atomic E-state index is 13.0.